The lowest BCUT2D eigenvalue weighted by Gasteiger charge is -2.19. The predicted octanol–water partition coefficient (Wildman–Crippen LogP) is 2.65. The second kappa shape index (κ2) is 6.52. The number of pyridine rings is 1. The molecule has 2 rings (SSSR count). The molecule has 102 valence electrons. The Hall–Kier alpha value is -2.62. The molecule has 1 aromatic heterocycles. The largest absolute Gasteiger partial charge is 0.348 e. The van der Waals surface area contributed by atoms with Gasteiger partial charge in [0.1, 0.15) is 0 Å². The summed E-state index contributed by atoms with van der Waals surface area (Å²) >= 11 is 0. The summed E-state index contributed by atoms with van der Waals surface area (Å²) in [5, 5.41) is 2.75. The van der Waals surface area contributed by atoms with Crippen LogP contribution in [0.4, 0.5) is 11.4 Å². The Morgan fingerprint density at radius 3 is 2.40 bits per heavy atom. The highest BCUT2D eigenvalue weighted by molar-refractivity contribution is 5.86. The molecule has 20 heavy (non-hydrogen) atoms. The lowest BCUT2D eigenvalue weighted by atomic mass is 10.2. The van der Waals surface area contributed by atoms with E-state index in [1.54, 1.807) is 12.4 Å². The van der Waals surface area contributed by atoms with Crippen molar-refractivity contribution in [1.29, 1.82) is 0 Å². The van der Waals surface area contributed by atoms with Crippen molar-refractivity contribution in [2.24, 2.45) is 0 Å². The summed E-state index contributed by atoms with van der Waals surface area (Å²) in [6, 6.07) is 12.0. The van der Waals surface area contributed by atoms with Gasteiger partial charge < -0.3 is 10.2 Å². The van der Waals surface area contributed by atoms with E-state index in [-0.39, 0.29) is 5.91 Å². The van der Waals surface area contributed by atoms with Crippen LogP contribution >= 0.6 is 0 Å². The molecule has 0 bridgehead atoms. The summed E-state index contributed by atoms with van der Waals surface area (Å²) in [5.74, 6) is -0.164. The van der Waals surface area contributed by atoms with Crippen LogP contribution in [0.1, 0.15) is 5.56 Å². The maximum atomic E-state index is 11.1. The fraction of sp³-hybridized carbons (Fsp3) is 0.125. The second-order valence-corrected chi connectivity index (χ2v) is 4.35. The van der Waals surface area contributed by atoms with Crippen LogP contribution in [0.15, 0.2) is 61.4 Å². The van der Waals surface area contributed by atoms with Crippen molar-refractivity contribution >= 4 is 17.3 Å². The molecule has 2 aromatic rings. The molecule has 0 aliphatic carbocycles. The Balaban J connectivity index is 2.04. The summed E-state index contributed by atoms with van der Waals surface area (Å²) in [4.78, 5) is 17.2. The van der Waals surface area contributed by atoms with E-state index in [1.165, 1.54) is 6.08 Å². The van der Waals surface area contributed by atoms with Crippen molar-refractivity contribution in [2.45, 2.75) is 6.54 Å². The Labute approximate surface area is 118 Å². The van der Waals surface area contributed by atoms with Crippen molar-refractivity contribution in [3.63, 3.8) is 0 Å². The Kier molecular flexibility index (Phi) is 4.50. The van der Waals surface area contributed by atoms with Gasteiger partial charge in [-0.15, -0.1) is 0 Å². The summed E-state index contributed by atoms with van der Waals surface area (Å²) in [6.45, 7) is 3.92. The van der Waals surface area contributed by atoms with Crippen LogP contribution in [0.25, 0.3) is 0 Å². The Morgan fingerprint density at radius 1 is 1.20 bits per heavy atom. The molecule has 0 saturated carbocycles. The molecule has 0 aliphatic rings. The van der Waals surface area contributed by atoms with Crippen LogP contribution < -0.4 is 10.2 Å². The van der Waals surface area contributed by atoms with E-state index in [2.05, 4.69) is 21.8 Å². The van der Waals surface area contributed by atoms with E-state index in [0.29, 0.717) is 6.54 Å². The fourth-order valence-electron chi connectivity index (χ4n) is 1.82. The van der Waals surface area contributed by atoms with Crippen molar-refractivity contribution in [3.8, 4) is 0 Å². The van der Waals surface area contributed by atoms with Crippen LogP contribution in [0.2, 0.25) is 0 Å². The molecule has 1 N–H and O–H groups in total. The van der Waals surface area contributed by atoms with E-state index in [9.17, 15) is 4.79 Å². The van der Waals surface area contributed by atoms with Crippen molar-refractivity contribution in [3.05, 3.63) is 67.0 Å². The van der Waals surface area contributed by atoms with Crippen molar-refractivity contribution in [2.75, 3.05) is 11.9 Å². The normalized spacial score (nSPS) is 9.85. The van der Waals surface area contributed by atoms with Gasteiger partial charge in [0.15, 0.2) is 0 Å². The number of carbonyl (C=O) groups excluding carboxylic acids is 1. The van der Waals surface area contributed by atoms with E-state index < -0.39 is 0 Å². The smallest absolute Gasteiger partial charge is 0.243 e. The van der Waals surface area contributed by atoms with E-state index >= 15 is 0 Å². The highest BCUT2D eigenvalue weighted by atomic mass is 16.1. The third-order valence-electron chi connectivity index (χ3n) is 3.03. The zero-order valence-electron chi connectivity index (χ0n) is 11.4. The lowest BCUT2D eigenvalue weighted by molar-refractivity contribution is -0.116. The van der Waals surface area contributed by atoms with Gasteiger partial charge in [-0.1, -0.05) is 18.7 Å². The molecule has 0 fully saturated rings. The van der Waals surface area contributed by atoms with Gasteiger partial charge in [0.2, 0.25) is 5.91 Å². The Bertz CT molecular complexity index is 578. The van der Waals surface area contributed by atoms with Crippen LogP contribution in [0.3, 0.4) is 0 Å². The minimum atomic E-state index is -0.164. The molecule has 0 saturated heterocycles. The number of rotatable bonds is 5. The highest BCUT2D eigenvalue weighted by Crippen LogP contribution is 2.22. The van der Waals surface area contributed by atoms with E-state index in [0.717, 1.165) is 16.9 Å². The lowest BCUT2D eigenvalue weighted by Crippen LogP contribution is -2.19. The summed E-state index contributed by atoms with van der Waals surface area (Å²) in [6.07, 6.45) is 4.81. The molecule has 0 aliphatic heterocycles. The molecule has 1 amide bonds. The maximum Gasteiger partial charge on any atom is 0.243 e. The number of hydrogen-bond donors (Lipinski definition) is 1. The number of nitrogens with one attached hydrogen (secondary N) is 1. The van der Waals surface area contributed by atoms with Gasteiger partial charge in [-0.2, -0.15) is 0 Å². The molecular weight excluding hydrogens is 250 g/mol. The molecule has 0 atom stereocenters. The first-order valence-electron chi connectivity index (χ1n) is 6.33. The summed E-state index contributed by atoms with van der Waals surface area (Å²) < 4.78 is 0. The van der Waals surface area contributed by atoms with E-state index in [4.69, 9.17) is 0 Å². The number of amides is 1. The van der Waals surface area contributed by atoms with Gasteiger partial charge in [-0.3, -0.25) is 9.78 Å². The van der Waals surface area contributed by atoms with Gasteiger partial charge in [0, 0.05) is 37.4 Å². The quantitative estimate of drug-likeness (QED) is 0.847. The standard InChI is InChI=1S/C16H17N3O/c1-3-16(20)18-12-13-4-6-14(7-5-13)19(2)15-8-10-17-11-9-15/h3-11H,1,12H2,2H3,(H,18,20). The van der Waals surface area contributed by atoms with Gasteiger partial charge in [0.05, 0.1) is 0 Å². The van der Waals surface area contributed by atoms with E-state index in [1.807, 2.05) is 43.4 Å². The third kappa shape index (κ3) is 3.45. The topological polar surface area (TPSA) is 45.2 Å². The fourth-order valence-corrected chi connectivity index (χ4v) is 1.82. The number of carbonyl (C=O) groups is 1. The number of aromatic nitrogens is 1. The van der Waals surface area contributed by atoms with Gasteiger partial charge in [-0.05, 0) is 35.9 Å². The zero-order chi connectivity index (χ0) is 14.4. The first-order valence-corrected chi connectivity index (χ1v) is 6.33. The monoisotopic (exact) mass is 267 g/mol. The van der Waals surface area contributed by atoms with Gasteiger partial charge >= 0.3 is 0 Å². The van der Waals surface area contributed by atoms with Crippen molar-refractivity contribution in [1.82, 2.24) is 10.3 Å². The molecule has 1 heterocycles. The SMILES string of the molecule is C=CC(=O)NCc1ccc(N(C)c2ccncc2)cc1. The molecule has 4 nitrogen and oxygen atoms in total. The zero-order valence-corrected chi connectivity index (χ0v) is 11.4. The molecule has 0 unspecified atom stereocenters. The number of hydrogen-bond acceptors (Lipinski definition) is 3. The van der Waals surface area contributed by atoms with Crippen LogP contribution in [0.5, 0.6) is 0 Å². The maximum absolute atomic E-state index is 11.1. The highest BCUT2D eigenvalue weighted by Gasteiger charge is 2.03. The number of anilines is 2. The predicted molar refractivity (Wildman–Crippen MR) is 80.8 cm³/mol. The van der Waals surface area contributed by atoms with Crippen LogP contribution in [0, 0.1) is 0 Å². The minimum absolute atomic E-state index is 0.164. The number of nitrogens with zero attached hydrogens (tertiary/aromatic N) is 2. The second-order valence-electron chi connectivity index (χ2n) is 4.35. The first kappa shape index (κ1) is 13.8. The van der Waals surface area contributed by atoms with Gasteiger partial charge in [0.25, 0.3) is 0 Å². The first-order chi connectivity index (χ1) is 9.70. The average molecular weight is 267 g/mol. The molecule has 0 spiro atoms. The molecule has 0 radical (unpaired) electrons. The summed E-state index contributed by atoms with van der Waals surface area (Å²) in [5.41, 5.74) is 3.20. The van der Waals surface area contributed by atoms with Gasteiger partial charge in [-0.25, -0.2) is 0 Å². The minimum Gasteiger partial charge on any atom is -0.348 e. The molecule has 1 aromatic carbocycles. The molecular formula is C16H17N3O. The third-order valence-corrected chi connectivity index (χ3v) is 3.03. The Morgan fingerprint density at radius 2 is 1.80 bits per heavy atom. The summed E-state index contributed by atoms with van der Waals surface area (Å²) in [7, 11) is 2.00. The average Bonchev–Trinajstić information content (AvgIpc) is 2.53. The van der Waals surface area contributed by atoms with Crippen LogP contribution in [-0.4, -0.2) is 17.9 Å². The van der Waals surface area contributed by atoms with Crippen molar-refractivity contribution < 1.29 is 4.79 Å². The number of benzene rings is 1. The molecule has 4 heteroatoms. The van der Waals surface area contributed by atoms with Crippen LogP contribution in [-0.2, 0) is 11.3 Å².